The third-order valence-electron chi connectivity index (χ3n) is 3.57. The van der Waals surface area contributed by atoms with Gasteiger partial charge in [-0.05, 0) is 37.8 Å². The number of benzene rings is 1. The van der Waals surface area contributed by atoms with Gasteiger partial charge in [0.2, 0.25) is 0 Å². The Balaban J connectivity index is 2.35. The van der Waals surface area contributed by atoms with E-state index in [1.807, 2.05) is 32.0 Å². The lowest BCUT2D eigenvalue weighted by atomic mass is 9.88. The monoisotopic (exact) mass is 219 g/mol. The van der Waals surface area contributed by atoms with Crippen LogP contribution >= 0.6 is 0 Å². The molecule has 1 aliphatic carbocycles. The molecule has 1 atom stereocenters. The van der Waals surface area contributed by atoms with Crippen molar-refractivity contribution in [3.63, 3.8) is 0 Å². The van der Waals surface area contributed by atoms with Gasteiger partial charge in [-0.2, -0.15) is 0 Å². The number of rotatable bonds is 3. The molecule has 1 aromatic carbocycles. The molecule has 0 amide bonds. The van der Waals surface area contributed by atoms with Crippen LogP contribution in [-0.4, -0.2) is 11.1 Å². The zero-order chi connectivity index (χ0) is 11.9. The first kappa shape index (κ1) is 11.1. The highest BCUT2D eigenvalue weighted by atomic mass is 16.4. The molecule has 3 heteroatoms. The number of aliphatic carboxylic acids is 1. The number of carboxylic acid groups (broad SMARTS) is 1. The van der Waals surface area contributed by atoms with Gasteiger partial charge in [0, 0.05) is 6.04 Å². The Morgan fingerprint density at radius 3 is 2.50 bits per heavy atom. The quantitative estimate of drug-likeness (QED) is 0.818. The molecule has 86 valence electrons. The fraction of sp³-hybridized carbons (Fsp3) is 0.462. The second kappa shape index (κ2) is 3.59. The molecule has 0 aromatic heterocycles. The van der Waals surface area contributed by atoms with E-state index in [0.717, 1.165) is 11.1 Å². The van der Waals surface area contributed by atoms with Crippen molar-refractivity contribution in [1.82, 2.24) is 0 Å². The van der Waals surface area contributed by atoms with Gasteiger partial charge in [0.1, 0.15) is 0 Å². The van der Waals surface area contributed by atoms with Crippen LogP contribution in [0.25, 0.3) is 0 Å². The zero-order valence-electron chi connectivity index (χ0n) is 9.66. The van der Waals surface area contributed by atoms with Crippen molar-refractivity contribution < 1.29 is 9.90 Å². The first-order valence-corrected chi connectivity index (χ1v) is 5.53. The predicted octanol–water partition coefficient (Wildman–Crippen LogP) is 2.17. The maximum atomic E-state index is 11.2. The molecule has 1 aliphatic rings. The van der Waals surface area contributed by atoms with E-state index in [-0.39, 0.29) is 6.04 Å². The van der Waals surface area contributed by atoms with E-state index in [1.165, 1.54) is 5.56 Å². The summed E-state index contributed by atoms with van der Waals surface area (Å²) in [6.07, 6.45) is 1.38. The molecule has 0 spiro atoms. The lowest BCUT2D eigenvalue weighted by molar-refractivity contribution is -0.144. The minimum absolute atomic E-state index is 0.384. The maximum absolute atomic E-state index is 11.2. The summed E-state index contributed by atoms with van der Waals surface area (Å²) in [5, 5.41) is 9.20. The summed E-state index contributed by atoms with van der Waals surface area (Å²) in [5.41, 5.74) is 8.62. The van der Waals surface area contributed by atoms with Gasteiger partial charge in [-0.15, -0.1) is 0 Å². The summed E-state index contributed by atoms with van der Waals surface area (Å²) < 4.78 is 0. The van der Waals surface area contributed by atoms with Crippen LogP contribution in [0.5, 0.6) is 0 Å². The first-order chi connectivity index (χ1) is 7.47. The highest BCUT2D eigenvalue weighted by Crippen LogP contribution is 2.54. The van der Waals surface area contributed by atoms with E-state index in [0.29, 0.717) is 12.8 Å². The fourth-order valence-electron chi connectivity index (χ4n) is 2.26. The van der Waals surface area contributed by atoms with Crippen molar-refractivity contribution in [3.05, 3.63) is 34.9 Å². The van der Waals surface area contributed by atoms with E-state index >= 15 is 0 Å². The molecule has 0 radical (unpaired) electrons. The molecule has 2 rings (SSSR count). The number of aryl methyl sites for hydroxylation is 2. The van der Waals surface area contributed by atoms with Gasteiger partial charge in [-0.25, -0.2) is 0 Å². The second-order valence-electron chi connectivity index (χ2n) is 4.80. The lowest BCUT2D eigenvalue weighted by Gasteiger charge is -2.21. The average Bonchev–Trinajstić information content (AvgIpc) is 2.97. The van der Waals surface area contributed by atoms with Gasteiger partial charge in [-0.3, -0.25) is 4.79 Å². The fourth-order valence-corrected chi connectivity index (χ4v) is 2.26. The van der Waals surface area contributed by atoms with Crippen molar-refractivity contribution in [2.75, 3.05) is 0 Å². The highest BCUT2D eigenvalue weighted by molar-refractivity contribution is 5.79. The summed E-state index contributed by atoms with van der Waals surface area (Å²) in [4.78, 5) is 11.2. The van der Waals surface area contributed by atoms with E-state index in [2.05, 4.69) is 0 Å². The van der Waals surface area contributed by atoms with Crippen LogP contribution in [0.15, 0.2) is 18.2 Å². The molecule has 0 bridgehead atoms. The molecule has 3 nitrogen and oxygen atoms in total. The number of nitrogens with two attached hydrogens (primary N) is 1. The topological polar surface area (TPSA) is 63.3 Å². The van der Waals surface area contributed by atoms with Gasteiger partial charge >= 0.3 is 5.97 Å². The first-order valence-electron chi connectivity index (χ1n) is 5.53. The predicted molar refractivity (Wildman–Crippen MR) is 62.1 cm³/mol. The van der Waals surface area contributed by atoms with Crippen molar-refractivity contribution in [2.24, 2.45) is 11.1 Å². The van der Waals surface area contributed by atoms with Crippen molar-refractivity contribution >= 4 is 5.97 Å². The zero-order valence-corrected chi connectivity index (χ0v) is 9.66. The maximum Gasteiger partial charge on any atom is 0.311 e. The second-order valence-corrected chi connectivity index (χ2v) is 4.80. The van der Waals surface area contributed by atoms with Crippen molar-refractivity contribution in [1.29, 1.82) is 0 Å². The standard InChI is InChI=1S/C13H17NO2/c1-8-3-4-10(9(2)7-8)11(14)13(5-6-13)12(15)16/h3-4,7,11H,5-6,14H2,1-2H3,(H,15,16). The van der Waals surface area contributed by atoms with Gasteiger partial charge in [0.25, 0.3) is 0 Å². The molecule has 1 fully saturated rings. The van der Waals surface area contributed by atoms with Crippen LogP contribution in [0, 0.1) is 19.3 Å². The van der Waals surface area contributed by atoms with E-state index in [1.54, 1.807) is 0 Å². The Kier molecular flexibility index (Phi) is 2.50. The van der Waals surface area contributed by atoms with Crippen LogP contribution in [0.2, 0.25) is 0 Å². The van der Waals surface area contributed by atoms with Gasteiger partial charge in [-0.1, -0.05) is 23.8 Å². The summed E-state index contributed by atoms with van der Waals surface area (Å²) in [6.45, 7) is 4.01. The summed E-state index contributed by atoms with van der Waals surface area (Å²) in [7, 11) is 0. The SMILES string of the molecule is Cc1ccc(C(N)C2(C(=O)O)CC2)c(C)c1. The van der Waals surface area contributed by atoms with Crippen molar-refractivity contribution in [3.8, 4) is 0 Å². The lowest BCUT2D eigenvalue weighted by Crippen LogP contribution is -2.30. The Bertz CT molecular complexity index is 436. The third kappa shape index (κ3) is 1.61. The molecule has 0 aliphatic heterocycles. The Morgan fingerprint density at radius 1 is 1.44 bits per heavy atom. The molecule has 0 saturated heterocycles. The van der Waals surface area contributed by atoms with Gasteiger partial charge in [0.05, 0.1) is 5.41 Å². The van der Waals surface area contributed by atoms with E-state index < -0.39 is 11.4 Å². The Hall–Kier alpha value is -1.35. The number of hydrogen-bond acceptors (Lipinski definition) is 2. The van der Waals surface area contributed by atoms with E-state index in [9.17, 15) is 9.90 Å². The summed E-state index contributed by atoms with van der Waals surface area (Å²) in [6, 6.07) is 5.61. The number of hydrogen-bond donors (Lipinski definition) is 2. The van der Waals surface area contributed by atoms with Crippen LogP contribution in [0.1, 0.15) is 35.6 Å². The minimum Gasteiger partial charge on any atom is -0.481 e. The average molecular weight is 219 g/mol. The van der Waals surface area contributed by atoms with Crippen LogP contribution < -0.4 is 5.73 Å². The molecular formula is C13H17NO2. The number of carbonyl (C=O) groups is 1. The van der Waals surface area contributed by atoms with E-state index in [4.69, 9.17) is 5.73 Å². The van der Waals surface area contributed by atoms with Crippen LogP contribution in [0.4, 0.5) is 0 Å². The van der Waals surface area contributed by atoms with Gasteiger partial charge < -0.3 is 10.8 Å². The van der Waals surface area contributed by atoms with Crippen LogP contribution in [0.3, 0.4) is 0 Å². The molecular weight excluding hydrogens is 202 g/mol. The number of carboxylic acids is 1. The molecule has 1 unspecified atom stereocenters. The Morgan fingerprint density at radius 2 is 2.06 bits per heavy atom. The minimum atomic E-state index is -0.764. The van der Waals surface area contributed by atoms with Gasteiger partial charge in [0.15, 0.2) is 0 Å². The largest absolute Gasteiger partial charge is 0.481 e. The smallest absolute Gasteiger partial charge is 0.311 e. The molecule has 0 heterocycles. The normalized spacial score (nSPS) is 19.2. The Labute approximate surface area is 95.3 Å². The highest BCUT2D eigenvalue weighted by Gasteiger charge is 2.55. The molecule has 1 saturated carbocycles. The third-order valence-corrected chi connectivity index (χ3v) is 3.57. The molecule has 3 N–H and O–H groups in total. The summed E-state index contributed by atoms with van der Waals surface area (Å²) >= 11 is 0. The van der Waals surface area contributed by atoms with Crippen molar-refractivity contribution in [2.45, 2.75) is 32.7 Å². The molecule has 1 aromatic rings. The molecule has 16 heavy (non-hydrogen) atoms. The summed E-state index contributed by atoms with van der Waals surface area (Å²) in [5.74, 6) is -0.764. The van der Waals surface area contributed by atoms with Crippen LogP contribution in [-0.2, 0) is 4.79 Å².